The Morgan fingerprint density at radius 1 is 1.00 bits per heavy atom. The summed E-state index contributed by atoms with van der Waals surface area (Å²) in [7, 11) is 0. The van der Waals surface area contributed by atoms with Crippen molar-refractivity contribution < 1.29 is 14.3 Å². The zero-order chi connectivity index (χ0) is 17.9. The highest BCUT2D eigenvalue weighted by atomic mass is 16.4. The maximum Gasteiger partial charge on any atom is 0.254 e. The normalized spacial score (nSPS) is 16.7. The van der Waals surface area contributed by atoms with Gasteiger partial charge < -0.3 is 14.4 Å². The standard InChI is InChI=1S/C21H22N2O3/c24-19(20-9-4-14-26-20)15-22-10-12-23(13-11-22)21(25)18-8-3-6-16-5-1-2-7-17(16)18/h1-9,14,19,24H,10-13,15H2/t19-/m1/s1. The Labute approximate surface area is 152 Å². The number of amides is 1. The number of hydrogen-bond donors (Lipinski definition) is 1. The summed E-state index contributed by atoms with van der Waals surface area (Å²) in [5.74, 6) is 0.660. The molecule has 1 atom stereocenters. The minimum absolute atomic E-state index is 0.0769. The van der Waals surface area contributed by atoms with E-state index in [1.807, 2.05) is 47.4 Å². The maximum atomic E-state index is 13.0. The third kappa shape index (κ3) is 3.36. The van der Waals surface area contributed by atoms with Crippen LogP contribution in [-0.2, 0) is 0 Å². The molecule has 5 nitrogen and oxygen atoms in total. The van der Waals surface area contributed by atoms with Gasteiger partial charge in [0.1, 0.15) is 11.9 Å². The minimum Gasteiger partial charge on any atom is -0.467 e. The van der Waals surface area contributed by atoms with Crippen LogP contribution in [0.1, 0.15) is 22.2 Å². The van der Waals surface area contributed by atoms with Crippen molar-refractivity contribution in [2.75, 3.05) is 32.7 Å². The number of nitrogens with zero attached hydrogens (tertiary/aromatic N) is 2. The number of piperazine rings is 1. The first-order valence-corrected chi connectivity index (χ1v) is 8.93. The fourth-order valence-corrected chi connectivity index (χ4v) is 3.53. The van der Waals surface area contributed by atoms with Crippen LogP contribution in [0.2, 0.25) is 0 Å². The van der Waals surface area contributed by atoms with E-state index in [4.69, 9.17) is 4.42 Å². The second-order valence-corrected chi connectivity index (χ2v) is 6.65. The second-order valence-electron chi connectivity index (χ2n) is 6.65. The van der Waals surface area contributed by atoms with Crippen molar-refractivity contribution in [1.82, 2.24) is 9.80 Å². The third-order valence-electron chi connectivity index (χ3n) is 4.98. The number of hydrogen-bond acceptors (Lipinski definition) is 4. The molecule has 1 aliphatic heterocycles. The lowest BCUT2D eigenvalue weighted by atomic mass is 10.0. The van der Waals surface area contributed by atoms with E-state index in [1.165, 1.54) is 0 Å². The summed E-state index contributed by atoms with van der Waals surface area (Å²) in [6.45, 7) is 3.33. The SMILES string of the molecule is O=C(c1cccc2ccccc12)N1CCN(C[C@@H](O)c2ccco2)CC1. The molecule has 0 radical (unpaired) electrons. The molecule has 1 aromatic heterocycles. The van der Waals surface area contributed by atoms with Gasteiger partial charge in [0.15, 0.2) is 0 Å². The molecule has 1 N–H and O–H groups in total. The van der Waals surface area contributed by atoms with Gasteiger partial charge in [-0.05, 0) is 29.0 Å². The smallest absolute Gasteiger partial charge is 0.254 e. The van der Waals surface area contributed by atoms with Gasteiger partial charge >= 0.3 is 0 Å². The number of benzene rings is 2. The van der Waals surface area contributed by atoms with E-state index in [0.717, 1.165) is 29.4 Å². The molecule has 0 bridgehead atoms. The molecule has 1 aliphatic rings. The largest absolute Gasteiger partial charge is 0.467 e. The van der Waals surface area contributed by atoms with Crippen LogP contribution in [0.25, 0.3) is 10.8 Å². The first-order valence-electron chi connectivity index (χ1n) is 8.93. The van der Waals surface area contributed by atoms with Gasteiger partial charge in [0.05, 0.1) is 6.26 Å². The van der Waals surface area contributed by atoms with E-state index in [0.29, 0.717) is 25.4 Å². The lowest BCUT2D eigenvalue weighted by Crippen LogP contribution is -2.49. The molecule has 1 saturated heterocycles. The fourth-order valence-electron chi connectivity index (χ4n) is 3.53. The number of fused-ring (bicyclic) bond motifs is 1. The molecule has 3 aromatic rings. The fraction of sp³-hybridized carbons (Fsp3) is 0.286. The molecular weight excluding hydrogens is 328 g/mol. The van der Waals surface area contributed by atoms with Gasteiger partial charge in [0.2, 0.25) is 0 Å². The molecule has 0 aliphatic carbocycles. The van der Waals surface area contributed by atoms with Crippen molar-refractivity contribution in [1.29, 1.82) is 0 Å². The van der Waals surface area contributed by atoms with Gasteiger partial charge in [-0.15, -0.1) is 0 Å². The molecule has 134 valence electrons. The van der Waals surface area contributed by atoms with Gasteiger partial charge in [-0.25, -0.2) is 0 Å². The Morgan fingerprint density at radius 2 is 1.77 bits per heavy atom. The van der Waals surface area contributed by atoms with Crippen LogP contribution >= 0.6 is 0 Å². The van der Waals surface area contributed by atoms with Gasteiger partial charge in [-0.2, -0.15) is 0 Å². The number of rotatable bonds is 4. The molecule has 26 heavy (non-hydrogen) atoms. The van der Waals surface area contributed by atoms with Crippen LogP contribution in [0.3, 0.4) is 0 Å². The summed E-state index contributed by atoms with van der Waals surface area (Å²) < 4.78 is 5.25. The van der Waals surface area contributed by atoms with E-state index >= 15 is 0 Å². The first-order chi connectivity index (χ1) is 12.7. The molecule has 1 fully saturated rings. The number of carbonyl (C=O) groups is 1. The van der Waals surface area contributed by atoms with Gasteiger partial charge in [-0.3, -0.25) is 9.69 Å². The Bertz CT molecular complexity index is 878. The first kappa shape index (κ1) is 16.8. The summed E-state index contributed by atoms with van der Waals surface area (Å²) in [6.07, 6.45) is 0.935. The minimum atomic E-state index is -0.634. The van der Waals surface area contributed by atoms with Crippen molar-refractivity contribution in [3.8, 4) is 0 Å². The molecule has 0 unspecified atom stereocenters. The predicted octanol–water partition coefficient (Wildman–Crippen LogP) is 2.92. The molecule has 2 aromatic carbocycles. The Kier molecular flexibility index (Phi) is 4.73. The maximum absolute atomic E-state index is 13.0. The van der Waals surface area contributed by atoms with Crippen molar-refractivity contribution in [2.45, 2.75) is 6.10 Å². The molecule has 1 amide bonds. The summed E-state index contributed by atoms with van der Waals surface area (Å²) in [4.78, 5) is 17.0. The molecule has 0 saturated carbocycles. The highest BCUT2D eigenvalue weighted by Crippen LogP contribution is 2.21. The van der Waals surface area contributed by atoms with E-state index in [9.17, 15) is 9.90 Å². The van der Waals surface area contributed by atoms with Gasteiger partial charge in [-0.1, -0.05) is 36.4 Å². The Morgan fingerprint density at radius 3 is 2.54 bits per heavy atom. The quantitative estimate of drug-likeness (QED) is 0.786. The monoisotopic (exact) mass is 350 g/mol. The van der Waals surface area contributed by atoms with Crippen molar-refractivity contribution in [3.05, 3.63) is 72.2 Å². The summed E-state index contributed by atoms with van der Waals surface area (Å²) >= 11 is 0. The molecule has 4 rings (SSSR count). The number of aliphatic hydroxyl groups excluding tert-OH is 1. The summed E-state index contributed by atoms with van der Waals surface area (Å²) in [6, 6.07) is 17.4. The zero-order valence-corrected chi connectivity index (χ0v) is 14.5. The zero-order valence-electron chi connectivity index (χ0n) is 14.5. The van der Waals surface area contributed by atoms with Crippen LogP contribution in [-0.4, -0.2) is 53.5 Å². The Hall–Kier alpha value is -2.63. The van der Waals surface area contributed by atoms with Crippen molar-refractivity contribution in [2.24, 2.45) is 0 Å². The topological polar surface area (TPSA) is 56.9 Å². The average Bonchev–Trinajstić information content (AvgIpc) is 3.23. The number of furan rings is 1. The lowest BCUT2D eigenvalue weighted by Gasteiger charge is -2.35. The van der Waals surface area contributed by atoms with E-state index < -0.39 is 6.10 Å². The molecular formula is C21H22N2O3. The predicted molar refractivity (Wildman–Crippen MR) is 100.0 cm³/mol. The number of β-amino-alcohol motifs (C(OH)–C–C–N with tert-alkyl or cyclic N) is 1. The summed E-state index contributed by atoms with van der Waals surface area (Å²) in [5.41, 5.74) is 0.757. The highest BCUT2D eigenvalue weighted by molar-refractivity contribution is 6.07. The number of carbonyl (C=O) groups excluding carboxylic acids is 1. The molecule has 2 heterocycles. The highest BCUT2D eigenvalue weighted by Gasteiger charge is 2.25. The van der Waals surface area contributed by atoms with Crippen LogP contribution in [0, 0.1) is 0 Å². The van der Waals surface area contributed by atoms with Crippen LogP contribution in [0.5, 0.6) is 0 Å². The van der Waals surface area contributed by atoms with Crippen LogP contribution in [0.4, 0.5) is 0 Å². The van der Waals surface area contributed by atoms with Crippen molar-refractivity contribution >= 4 is 16.7 Å². The van der Waals surface area contributed by atoms with Gasteiger partial charge in [0, 0.05) is 38.3 Å². The van der Waals surface area contributed by atoms with E-state index in [1.54, 1.807) is 18.4 Å². The van der Waals surface area contributed by atoms with Gasteiger partial charge in [0.25, 0.3) is 5.91 Å². The van der Waals surface area contributed by atoms with Crippen LogP contribution < -0.4 is 0 Å². The second kappa shape index (κ2) is 7.32. The third-order valence-corrected chi connectivity index (χ3v) is 4.98. The number of aliphatic hydroxyl groups is 1. The van der Waals surface area contributed by atoms with Crippen LogP contribution in [0.15, 0.2) is 65.3 Å². The Balaban J connectivity index is 1.40. The molecule has 5 heteroatoms. The summed E-state index contributed by atoms with van der Waals surface area (Å²) in [5, 5.41) is 12.3. The molecule has 0 spiro atoms. The van der Waals surface area contributed by atoms with E-state index in [2.05, 4.69) is 4.90 Å². The van der Waals surface area contributed by atoms with E-state index in [-0.39, 0.29) is 5.91 Å². The lowest BCUT2D eigenvalue weighted by molar-refractivity contribution is 0.0487. The average molecular weight is 350 g/mol. The van der Waals surface area contributed by atoms with Crippen molar-refractivity contribution in [3.63, 3.8) is 0 Å².